The van der Waals surface area contributed by atoms with E-state index in [0.29, 0.717) is 24.6 Å². The molecule has 2 fully saturated rings. The molecule has 2 N–H and O–H groups in total. The van der Waals surface area contributed by atoms with Crippen LogP contribution in [0, 0.1) is 11.7 Å². The lowest BCUT2D eigenvalue weighted by Crippen LogP contribution is -2.39. The largest absolute Gasteiger partial charge is 0.492 e. The van der Waals surface area contributed by atoms with Crippen molar-refractivity contribution in [2.75, 3.05) is 37.7 Å². The van der Waals surface area contributed by atoms with Crippen LogP contribution in [-0.4, -0.2) is 49.6 Å². The first kappa shape index (κ1) is 22.7. The van der Waals surface area contributed by atoms with Crippen LogP contribution in [0.4, 0.5) is 10.1 Å². The lowest BCUT2D eigenvalue weighted by molar-refractivity contribution is 0.0979. The molecule has 172 valence electrons. The smallest absolute Gasteiger partial charge is 0.258 e. The summed E-state index contributed by atoms with van der Waals surface area (Å²) in [5.74, 6) is 0.639. The highest BCUT2D eigenvalue weighted by Crippen LogP contribution is 2.29. The van der Waals surface area contributed by atoms with Crippen LogP contribution in [0.25, 0.3) is 0 Å². The van der Waals surface area contributed by atoms with Crippen molar-refractivity contribution in [1.82, 2.24) is 4.90 Å². The van der Waals surface area contributed by atoms with E-state index in [0.717, 1.165) is 56.8 Å². The Labute approximate surface area is 190 Å². The number of nitrogens with two attached hydrogens (primary N) is 1. The number of ether oxygens (including phenoxy) is 1. The van der Waals surface area contributed by atoms with Crippen molar-refractivity contribution in [2.45, 2.75) is 44.6 Å². The molecule has 6 heteroatoms. The minimum absolute atomic E-state index is 0.127. The summed E-state index contributed by atoms with van der Waals surface area (Å²) >= 11 is 0. The second kappa shape index (κ2) is 10.9. The molecular weight excluding hydrogens is 405 g/mol. The van der Waals surface area contributed by atoms with E-state index in [2.05, 4.69) is 4.90 Å². The Morgan fingerprint density at radius 1 is 1.09 bits per heavy atom. The number of benzene rings is 2. The predicted octanol–water partition coefficient (Wildman–Crippen LogP) is 4.46. The number of nitrogens with zero attached hydrogens (tertiary/aromatic N) is 2. The van der Waals surface area contributed by atoms with E-state index in [1.54, 1.807) is 12.1 Å². The van der Waals surface area contributed by atoms with E-state index >= 15 is 0 Å². The van der Waals surface area contributed by atoms with E-state index in [1.165, 1.54) is 25.0 Å². The van der Waals surface area contributed by atoms with Crippen LogP contribution in [0.5, 0.6) is 5.75 Å². The third-order valence-electron chi connectivity index (χ3n) is 6.60. The van der Waals surface area contributed by atoms with Gasteiger partial charge in [0.1, 0.15) is 18.2 Å². The van der Waals surface area contributed by atoms with Crippen molar-refractivity contribution < 1.29 is 13.9 Å². The van der Waals surface area contributed by atoms with Gasteiger partial charge in [0.15, 0.2) is 0 Å². The van der Waals surface area contributed by atoms with Gasteiger partial charge >= 0.3 is 0 Å². The fourth-order valence-corrected chi connectivity index (χ4v) is 4.85. The van der Waals surface area contributed by atoms with E-state index in [1.807, 2.05) is 29.2 Å². The van der Waals surface area contributed by atoms with E-state index in [9.17, 15) is 9.18 Å². The van der Waals surface area contributed by atoms with Crippen molar-refractivity contribution in [3.63, 3.8) is 0 Å². The Hall–Kier alpha value is -2.44. The van der Waals surface area contributed by atoms with Gasteiger partial charge in [-0.2, -0.15) is 0 Å². The predicted molar refractivity (Wildman–Crippen MR) is 126 cm³/mol. The molecule has 2 aromatic rings. The average Bonchev–Trinajstić information content (AvgIpc) is 3.31. The third-order valence-corrected chi connectivity index (χ3v) is 6.60. The Balaban J connectivity index is 1.50. The minimum Gasteiger partial charge on any atom is -0.492 e. The number of carbonyl (C=O) groups excluding carboxylic acids is 1. The van der Waals surface area contributed by atoms with Gasteiger partial charge in [-0.15, -0.1) is 0 Å². The number of hydrogen-bond acceptors (Lipinski definition) is 4. The molecule has 2 unspecified atom stereocenters. The van der Waals surface area contributed by atoms with Crippen LogP contribution in [-0.2, 0) is 0 Å². The van der Waals surface area contributed by atoms with Crippen LogP contribution in [0.3, 0.4) is 0 Å². The molecule has 5 nitrogen and oxygen atoms in total. The molecule has 1 amide bonds. The molecule has 4 rings (SSSR count). The molecule has 1 saturated carbocycles. The van der Waals surface area contributed by atoms with Crippen molar-refractivity contribution >= 4 is 11.6 Å². The lowest BCUT2D eigenvalue weighted by Gasteiger charge is -2.32. The van der Waals surface area contributed by atoms with Gasteiger partial charge in [-0.05, 0) is 87.5 Å². The molecule has 1 aliphatic heterocycles. The Morgan fingerprint density at radius 3 is 2.62 bits per heavy atom. The Morgan fingerprint density at radius 2 is 1.88 bits per heavy atom. The number of carbonyl (C=O) groups is 1. The highest BCUT2D eigenvalue weighted by Gasteiger charge is 2.26. The van der Waals surface area contributed by atoms with Crippen LogP contribution >= 0.6 is 0 Å². The summed E-state index contributed by atoms with van der Waals surface area (Å²) in [6.07, 6.45) is 6.64. The monoisotopic (exact) mass is 439 g/mol. The van der Waals surface area contributed by atoms with Gasteiger partial charge in [0.05, 0.1) is 0 Å². The molecule has 32 heavy (non-hydrogen) atoms. The molecule has 0 radical (unpaired) electrons. The number of hydrogen-bond donors (Lipinski definition) is 1. The van der Waals surface area contributed by atoms with Crippen molar-refractivity contribution in [1.29, 1.82) is 0 Å². The zero-order valence-corrected chi connectivity index (χ0v) is 18.7. The molecule has 2 aromatic carbocycles. The average molecular weight is 440 g/mol. The molecular formula is C26H34FN3O2. The van der Waals surface area contributed by atoms with Crippen molar-refractivity contribution in [3.8, 4) is 5.75 Å². The van der Waals surface area contributed by atoms with Crippen LogP contribution < -0.4 is 15.4 Å². The number of anilines is 1. The lowest BCUT2D eigenvalue weighted by atomic mass is 9.85. The summed E-state index contributed by atoms with van der Waals surface area (Å²) in [6, 6.07) is 13.7. The van der Waals surface area contributed by atoms with Crippen LogP contribution in [0.1, 0.15) is 48.9 Å². The normalized spacial score (nSPS) is 21.4. The second-order valence-electron chi connectivity index (χ2n) is 9.11. The van der Waals surface area contributed by atoms with E-state index in [4.69, 9.17) is 10.5 Å². The van der Waals surface area contributed by atoms with Crippen LogP contribution in [0.15, 0.2) is 48.5 Å². The molecule has 2 atom stereocenters. The van der Waals surface area contributed by atoms with Gasteiger partial charge in [-0.25, -0.2) is 4.39 Å². The first-order chi connectivity index (χ1) is 15.6. The summed E-state index contributed by atoms with van der Waals surface area (Å²) in [5, 5.41) is 0. The van der Waals surface area contributed by atoms with E-state index < -0.39 is 0 Å². The minimum atomic E-state index is -0.347. The fourth-order valence-electron chi connectivity index (χ4n) is 4.85. The van der Waals surface area contributed by atoms with Gasteiger partial charge in [-0.3, -0.25) is 9.69 Å². The quantitative estimate of drug-likeness (QED) is 0.660. The summed E-state index contributed by atoms with van der Waals surface area (Å²) < 4.78 is 19.4. The fraction of sp³-hybridized carbons (Fsp3) is 0.500. The molecule has 1 saturated heterocycles. The number of halogens is 1. The summed E-state index contributed by atoms with van der Waals surface area (Å²) in [7, 11) is 0. The molecule has 0 spiro atoms. The van der Waals surface area contributed by atoms with Gasteiger partial charge in [0.2, 0.25) is 0 Å². The van der Waals surface area contributed by atoms with Crippen LogP contribution in [0.2, 0.25) is 0 Å². The maximum absolute atomic E-state index is 13.4. The molecule has 1 heterocycles. The zero-order chi connectivity index (χ0) is 22.3. The third kappa shape index (κ3) is 6.08. The van der Waals surface area contributed by atoms with Crippen molar-refractivity contribution in [3.05, 3.63) is 59.9 Å². The second-order valence-corrected chi connectivity index (χ2v) is 9.11. The Kier molecular flexibility index (Phi) is 7.76. The number of likely N-dealkylation sites (tertiary alicyclic amines) is 1. The standard InChI is InChI=1S/C26H34FN3O2/c27-22-11-9-21(10-12-22)26(31)30(19-20-5-3-6-23(28)17-20)24-7-4-8-25(18-24)32-16-15-29-13-1-2-14-29/h4,7-12,18,20,23H,1-3,5-6,13-17,19,28H2. The highest BCUT2D eigenvalue weighted by atomic mass is 19.1. The molecule has 0 bridgehead atoms. The highest BCUT2D eigenvalue weighted by molar-refractivity contribution is 6.06. The molecule has 0 aromatic heterocycles. The Bertz CT molecular complexity index is 883. The maximum atomic E-state index is 13.4. The zero-order valence-electron chi connectivity index (χ0n) is 18.7. The topological polar surface area (TPSA) is 58.8 Å². The summed E-state index contributed by atoms with van der Waals surface area (Å²) in [5.41, 5.74) is 7.49. The first-order valence-corrected chi connectivity index (χ1v) is 11.9. The molecule has 1 aliphatic carbocycles. The van der Waals surface area contributed by atoms with Gasteiger partial charge < -0.3 is 15.4 Å². The summed E-state index contributed by atoms with van der Waals surface area (Å²) in [4.78, 5) is 17.7. The van der Waals surface area contributed by atoms with Gasteiger partial charge in [0, 0.05) is 36.4 Å². The SMILES string of the molecule is NC1CCCC(CN(C(=O)c2ccc(F)cc2)c2cccc(OCCN3CCCC3)c2)C1. The summed E-state index contributed by atoms with van der Waals surface area (Å²) in [6.45, 7) is 4.44. The van der Waals surface area contributed by atoms with E-state index in [-0.39, 0.29) is 17.8 Å². The first-order valence-electron chi connectivity index (χ1n) is 11.9. The number of rotatable bonds is 8. The van der Waals surface area contributed by atoms with Gasteiger partial charge in [-0.1, -0.05) is 12.5 Å². The molecule has 2 aliphatic rings. The maximum Gasteiger partial charge on any atom is 0.258 e. The van der Waals surface area contributed by atoms with Gasteiger partial charge in [0.25, 0.3) is 5.91 Å². The van der Waals surface area contributed by atoms with Crippen molar-refractivity contribution in [2.24, 2.45) is 11.7 Å². The number of amides is 1.